The number of nitrogens with one attached hydrogen (secondary N) is 2. The van der Waals surface area contributed by atoms with E-state index in [4.69, 9.17) is 9.47 Å². The molecule has 0 spiro atoms. The summed E-state index contributed by atoms with van der Waals surface area (Å²) in [6.45, 7) is 7.15. The van der Waals surface area contributed by atoms with Gasteiger partial charge >= 0.3 is 0 Å². The second-order valence-corrected chi connectivity index (χ2v) is 19.0. The lowest BCUT2D eigenvalue weighted by molar-refractivity contribution is -0.276. The van der Waals surface area contributed by atoms with Crippen molar-refractivity contribution in [2.24, 2.45) is 5.92 Å². The number of rotatable bonds is 16. The predicted molar refractivity (Wildman–Crippen MR) is 257 cm³/mol. The van der Waals surface area contributed by atoms with Crippen LogP contribution in [0.25, 0.3) is 21.9 Å². The van der Waals surface area contributed by atoms with Crippen molar-refractivity contribution < 1.29 is 27.8 Å². The van der Waals surface area contributed by atoms with Gasteiger partial charge in [0.1, 0.15) is 6.04 Å². The third-order valence-corrected chi connectivity index (χ3v) is 14.1. The van der Waals surface area contributed by atoms with Gasteiger partial charge in [0.25, 0.3) is 0 Å². The number of nitrogens with zero attached hydrogens (tertiary/aromatic N) is 1. The summed E-state index contributed by atoms with van der Waals surface area (Å²) in [6.07, 6.45) is -0.912. The molecule has 1 aliphatic heterocycles. The summed E-state index contributed by atoms with van der Waals surface area (Å²) >= 11 is 0. The second-order valence-electron chi connectivity index (χ2n) is 17.3. The zero-order valence-corrected chi connectivity index (χ0v) is 38.1. The lowest BCUT2D eigenvalue weighted by Gasteiger charge is -2.43. The van der Waals surface area contributed by atoms with Crippen LogP contribution in [-0.4, -0.2) is 50.1 Å². The van der Waals surface area contributed by atoms with Gasteiger partial charge in [-0.2, -0.15) is 4.72 Å². The zero-order valence-electron chi connectivity index (χ0n) is 37.3. The molecule has 0 aromatic heterocycles. The molecule has 8 rings (SSSR count). The molecule has 1 aliphatic rings. The van der Waals surface area contributed by atoms with Crippen LogP contribution in [0, 0.1) is 12.8 Å². The molecule has 7 aromatic rings. The minimum Gasteiger partial charge on any atom is -0.392 e. The van der Waals surface area contributed by atoms with Crippen molar-refractivity contribution >= 4 is 26.7 Å². The fraction of sp³-hybridized carbons (Fsp3) is 0.255. The van der Waals surface area contributed by atoms with E-state index in [9.17, 15) is 18.3 Å². The summed E-state index contributed by atoms with van der Waals surface area (Å²) in [7, 11) is -1.83. The number of aliphatic hydroxyl groups excluding tert-OH is 1. The van der Waals surface area contributed by atoms with Crippen LogP contribution in [0.1, 0.15) is 71.2 Å². The molecule has 0 saturated carbocycles. The number of hydrogen-bond donors (Lipinski definition) is 3. The van der Waals surface area contributed by atoms with E-state index in [2.05, 4.69) is 84.4 Å². The van der Waals surface area contributed by atoms with Gasteiger partial charge in [-0.05, 0) is 107 Å². The van der Waals surface area contributed by atoms with E-state index in [0.29, 0.717) is 6.54 Å². The standard InChI is InChI=1S/C55H57N3O6S/c1-37-20-28-50(29-21-37)65(61,62)57-51(31-40-12-6-5-7-13-40)54(60)56-34-42-14-10-17-46(30-42)48-18-11-19-49(33-48)55-63-52(38(2)53(64-55)44-24-22-41(36-59)23-25-44)35-58(4)39(3)45-27-26-43-15-8-9-16-47(43)32-45/h5-30,32-33,38-39,51-53,55,57,59H,31,34-36H2,1-4H3,(H,56,60). The first-order valence-electron chi connectivity index (χ1n) is 22.2. The first kappa shape index (κ1) is 45.6. The minimum absolute atomic E-state index is 0.0118. The number of carbonyl (C=O) groups is 1. The number of ether oxygens (including phenoxy) is 2. The molecule has 0 aliphatic carbocycles. The molecule has 334 valence electrons. The van der Waals surface area contributed by atoms with Crippen LogP contribution in [0.2, 0.25) is 0 Å². The third-order valence-electron chi connectivity index (χ3n) is 12.6. The van der Waals surface area contributed by atoms with Crippen molar-refractivity contribution in [1.82, 2.24) is 14.9 Å². The van der Waals surface area contributed by atoms with Crippen molar-refractivity contribution in [2.45, 2.75) is 75.8 Å². The van der Waals surface area contributed by atoms with Gasteiger partial charge in [0, 0.05) is 30.6 Å². The number of benzene rings is 7. The smallest absolute Gasteiger partial charge is 0.241 e. The maximum Gasteiger partial charge on any atom is 0.241 e. The molecule has 6 unspecified atom stereocenters. The molecule has 1 fully saturated rings. The van der Waals surface area contributed by atoms with Gasteiger partial charge in [-0.15, -0.1) is 0 Å². The van der Waals surface area contributed by atoms with E-state index in [1.165, 1.54) is 16.3 Å². The van der Waals surface area contributed by atoms with Crippen molar-refractivity contribution in [1.29, 1.82) is 0 Å². The first-order chi connectivity index (χ1) is 31.4. The molecule has 9 nitrogen and oxygen atoms in total. The molecular formula is C55H57N3O6S. The van der Waals surface area contributed by atoms with Gasteiger partial charge in [0.2, 0.25) is 15.9 Å². The molecule has 7 aromatic carbocycles. The highest BCUT2D eigenvalue weighted by Gasteiger charge is 2.39. The van der Waals surface area contributed by atoms with Gasteiger partial charge in [0.05, 0.1) is 23.7 Å². The lowest BCUT2D eigenvalue weighted by Crippen LogP contribution is -2.47. The molecule has 1 saturated heterocycles. The van der Waals surface area contributed by atoms with Gasteiger partial charge in [-0.1, -0.05) is 152 Å². The van der Waals surface area contributed by atoms with Crippen molar-refractivity contribution in [2.75, 3.05) is 13.6 Å². The van der Waals surface area contributed by atoms with Gasteiger partial charge < -0.3 is 19.9 Å². The fourth-order valence-electron chi connectivity index (χ4n) is 8.54. The maximum atomic E-state index is 13.8. The molecule has 0 radical (unpaired) electrons. The minimum atomic E-state index is -3.98. The number of aryl methyl sites for hydroxylation is 1. The highest BCUT2D eigenvalue weighted by molar-refractivity contribution is 7.89. The number of fused-ring (bicyclic) bond motifs is 1. The molecule has 1 heterocycles. The van der Waals surface area contributed by atoms with Crippen LogP contribution >= 0.6 is 0 Å². The van der Waals surface area contributed by atoms with Crippen LogP contribution in [0.3, 0.4) is 0 Å². The Morgan fingerprint density at radius 1 is 0.708 bits per heavy atom. The Morgan fingerprint density at radius 3 is 2.12 bits per heavy atom. The molecule has 10 heteroatoms. The second kappa shape index (κ2) is 20.5. The maximum absolute atomic E-state index is 13.8. The quantitative estimate of drug-likeness (QED) is 0.0885. The van der Waals surface area contributed by atoms with E-state index < -0.39 is 28.3 Å². The van der Waals surface area contributed by atoms with E-state index in [1.807, 2.05) is 104 Å². The molecule has 65 heavy (non-hydrogen) atoms. The Kier molecular flexibility index (Phi) is 14.3. The van der Waals surface area contributed by atoms with Gasteiger partial charge in [0.15, 0.2) is 6.29 Å². The topological polar surface area (TPSA) is 117 Å². The largest absolute Gasteiger partial charge is 0.392 e. The summed E-state index contributed by atoms with van der Waals surface area (Å²) in [5.41, 5.74) is 8.52. The van der Waals surface area contributed by atoms with Crippen molar-refractivity contribution in [3.63, 3.8) is 0 Å². The van der Waals surface area contributed by atoms with Crippen molar-refractivity contribution in [3.8, 4) is 11.1 Å². The van der Waals surface area contributed by atoms with Crippen LogP contribution < -0.4 is 10.0 Å². The summed E-state index contributed by atoms with van der Waals surface area (Å²) in [5, 5.41) is 15.2. The van der Waals surface area contributed by atoms with Gasteiger partial charge in [-0.25, -0.2) is 8.42 Å². The van der Waals surface area contributed by atoms with Crippen LogP contribution in [0.4, 0.5) is 0 Å². The molecule has 0 bridgehead atoms. The first-order valence-corrected chi connectivity index (χ1v) is 23.7. The van der Waals surface area contributed by atoms with E-state index in [0.717, 1.165) is 44.5 Å². The average molecular weight is 888 g/mol. The van der Waals surface area contributed by atoms with Crippen LogP contribution in [-0.2, 0) is 43.9 Å². The summed E-state index contributed by atoms with van der Waals surface area (Å²) in [6, 6.07) is 54.2. The summed E-state index contributed by atoms with van der Waals surface area (Å²) in [4.78, 5) is 16.3. The lowest BCUT2D eigenvalue weighted by atomic mass is 9.89. The predicted octanol–water partition coefficient (Wildman–Crippen LogP) is 10.00. The SMILES string of the molecule is Cc1ccc(S(=O)(=O)NC(Cc2ccccc2)C(=O)NCc2cccc(-c3cccc(C4OC(CN(C)C(C)c5ccc6ccccc6c5)C(C)C(c5ccc(CO)cc5)O4)c3)c2)cc1. The summed E-state index contributed by atoms with van der Waals surface area (Å²) < 4.78 is 43.4. The Hall–Kier alpha value is -5.98. The normalized spacial score (nSPS) is 18.6. The number of aliphatic hydroxyl groups is 1. The zero-order chi connectivity index (χ0) is 45.5. The highest BCUT2D eigenvalue weighted by Crippen LogP contribution is 2.43. The van der Waals surface area contributed by atoms with E-state index in [1.54, 1.807) is 24.3 Å². The van der Waals surface area contributed by atoms with Crippen LogP contribution in [0.15, 0.2) is 175 Å². The Morgan fingerprint density at radius 2 is 1.38 bits per heavy atom. The number of likely N-dealkylation sites (N-methyl/N-ethyl adjacent to an activating group) is 1. The fourth-order valence-corrected chi connectivity index (χ4v) is 9.74. The monoisotopic (exact) mass is 887 g/mol. The van der Waals surface area contributed by atoms with E-state index >= 15 is 0 Å². The molecule has 3 N–H and O–H groups in total. The number of carbonyl (C=O) groups excluding carboxylic acids is 1. The van der Waals surface area contributed by atoms with Crippen molar-refractivity contribution in [3.05, 3.63) is 209 Å². The van der Waals surface area contributed by atoms with E-state index in [-0.39, 0.29) is 48.6 Å². The highest BCUT2D eigenvalue weighted by atomic mass is 32.2. The molecular weight excluding hydrogens is 831 g/mol. The number of hydrogen-bond acceptors (Lipinski definition) is 7. The molecule has 1 amide bonds. The summed E-state index contributed by atoms with van der Waals surface area (Å²) in [5.74, 6) is -0.414. The average Bonchev–Trinajstić information content (AvgIpc) is 3.33. The number of sulfonamides is 1. The van der Waals surface area contributed by atoms with Crippen LogP contribution in [0.5, 0.6) is 0 Å². The Labute approximate surface area is 383 Å². The molecule has 6 atom stereocenters. The Bertz CT molecular complexity index is 2820. The number of amides is 1. The third kappa shape index (κ3) is 11.1. The van der Waals surface area contributed by atoms with Gasteiger partial charge in [-0.3, -0.25) is 9.69 Å². The Balaban J connectivity index is 0.999.